The van der Waals surface area contributed by atoms with Crippen LogP contribution in [0.2, 0.25) is 0 Å². The summed E-state index contributed by atoms with van der Waals surface area (Å²) in [5.74, 6) is 0.855. The standard InChI is InChI=1S/C26H26N4O3S/c1-4-21-24(22-14-7-5-10-17(22)2)28-26(29-25(21)33-23-15-8-6-11-18(23)3)30-34(31,32)20-13-9-12-19(27)16-20/h5-16H,4,27H2,1-3H3,(H,28,29,30). The smallest absolute Gasteiger partial charge is 0.264 e. The SMILES string of the molecule is CCc1c(Oc2ccccc2C)nc(NS(=O)(=O)c2cccc(N)c2)nc1-c1ccccc1C. The molecule has 0 atom stereocenters. The molecule has 0 aliphatic rings. The Labute approximate surface area is 199 Å². The molecule has 1 aromatic heterocycles. The fourth-order valence-electron chi connectivity index (χ4n) is 3.61. The molecule has 7 nitrogen and oxygen atoms in total. The summed E-state index contributed by atoms with van der Waals surface area (Å²) in [6.07, 6.45) is 0.590. The average Bonchev–Trinajstić information content (AvgIpc) is 2.80. The minimum absolute atomic E-state index is 0.0227. The van der Waals surface area contributed by atoms with Gasteiger partial charge in [0.1, 0.15) is 5.75 Å². The zero-order valence-electron chi connectivity index (χ0n) is 19.2. The van der Waals surface area contributed by atoms with Crippen LogP contribution in [0.15, 0.2) is 77.7 Å². The summed E-state index contributed by atoms with van der Waals surface area (Å²) in [6.45, 7) is 5.91. The van der Waals surface area contributed by atoms with Crippen LogP contribution in [0.4, 0.5) is 11.6 Å². The Morgan fingerprint density at radius 1 is 0.912 bits per heavy atom. The largest absolute Gasteiger partial charge is 0.438 e. The van der Waals surface area contributed by atoms with Crippen LogP contribution in [0.5, 0.6) is 11.6 Å². The van der Waals surface area contributed by atoms with E-state index in [1.165, 1.54) is 12.1 Å². The lowest BCUT2D eigenvalue weighted by molar-refractivity contribution is 0.453. The zero-order valence-corrected chi connectivity index (χ0v) is 20.1. The molecular formula is C26H26N4O3S. The molecule has 0 saturated carbocycles. The number of ether oxygens (including phenoxy) is 1. The van der Waals surface area contributed by atoms with Crippen molar-refractivity contribution < 1.29 is 13.2 Å². The summed E-state index contributed by atoms with van der Waals surface area (Å²) < 4.78 is 34.8. The third kappa shape index (κ3) is 4.87. The van der Waals surface area contributed by atoms with Gasteiger partial charge in [-0.2, -0.15) is 4.98 Å². The average molecular weight is 475 g/mol. The highest BCUT2D eigenvalue weighted by Gasteiger charge is 2.22. The lowest BCUT2D eigenvalue weighted by atomic mass is 10.0. The van der Waals surface area contributed by atoms with Crippen molar-refractivity contribution in [1.29, 1.82) is 0 Å². The molecule has 1 heterocycles. The molecule has 3 N–H and O–H groups in total. The van der Waals surface area contributed by atoms with Crippen LogP contribution < -0.4 is 15.2 Å². The first kappa shape index (κ1) is 23.3. The number of sulfonamides is 1. The molecular weight excluding hydrogens is 448 g/mol. The van der Waals surface area contributed by atoms with Crippen LogP contribution in [0.1, 0.15) is 23.6 Å². The second-order valence-corrected chi connectivity index (χ2v) is 9.58. The van der Waals surface area contributed by atoms with Crippen LogP contribution in [-0.2, 0) is 16.4 Å². The molecule has 0 radical (unpaired) electrons. The highest BCUT2D eigenvalue weighted by Crippen LogP contribution is 2.35. The van der Waals surface area contributed by atoms with Gasteiger partial charge in [0.15, 0.2) is 0 Å². The van der Waals surface area contributed by atoms with Gasteiger partial charge in [-0.15, -0.1) is 0 Å². The number of nitrogens with two attached hydrogens (primary N) is 1. The minimum atomic E-state index is -3.97. The van der Waals surface area contributed by atoms with Crippen LogP contribution >= 0.6 is 0 Å². The summed E-state index contributed by atoms with van der Waals surface area (Å²) >= 11 is 0. The third-order valence-corrected chi connectivity index (χ3v) is 6.74. The molecule has 3 aromatic carbocycles. The predicted molar refractivity (Wildman–Crippen MR) is 134 cm³/mol. The van der Waals surface area contributed by atoms with Crippen LogP contribution in [0.3, 0.4) is 0 Å². The van der Waals surface area contributed by atoms with Crippen molar-refractivity contribution in [2.24, 2.45) is 0 Å². The number of nitrogens with zero attached hydrogens (tertiary/aromatic N) is 2. The summed E-state index contributed by atoms with van der Waals surface area (Å²) in [7, 11) is -3.97. The summed E-state index contributed by atoms with van der Waals surface area (Å²) in [5, 5.41) is 0. The first-order chi connectivity index (χ1) is 16.3. The van der Waals surface area contributed by atoms with Gasteiger partial charge in [-0.25, -0.2) is 18.1 Å². The molecule has 4 aromatic rings. The maximum Gasteiger partial charge on any atom is 0.264 e. The lowest BCUT2D eigenvalue weighted by Crippen LogP contribution is -2.16. The van der Waals surface area contributed by atoms with E-state index in [0.717, 1.165) is 22.3 Å². The number of anilines is 2. The maximum absolute atomic E-state index is 13.1. The summed E-state index contributed by atoms with van der Waals surface area (Å²) in [6, 6.07) is 21.4. The molecule has 4 rings (SSSR count). The topological polar surface area (TPSA) is 107 Å². The number of aromatic nitrogens is 2. The van der Waals surface area contributed by atoms with Crippen molar-refractivity contribution in [3.05, 3.63) is 89.5 Å². The number of hydrogen-bond acceptors (Lipinski definition) is 6. The fraction of sp³-hybridized carbons (Fsp3) is 0.154. The van der Waals surface area contributed by atoms with Crippen molar-refractivity contribution >= 4 is 21.7 Å². The van der Waals surface area contributed by atoms with Gasteiger partial charge in [-0.05, 0) is 55.7 Å². The third-order valence-electron chi connectivity index (χ3n) is 5.42. The van der Waals surface area contributed by atoms with E-state index in [9.17, 15) is 8.42 Å². The van der Waals surface area contributed by atoms with Gasteiger partial charge in [0, 0.05) is 16.8 Å². The van der Waals surface area contributed by atoms with E-state index < -0.39 is 10.0 Å². The summed E-state index contributed by atoms with van der Waals surface area (Å²) in [4.78, 5) is 9.12. The van der Waals surface area contributed by atoms with Crippen LogP contribution in [0, 0.1) is 13.8 Å². The van der Waals surface area contributed by atoms with E-state index in [2.05, 4.69) is 14.7 Å². The number of nitrogens with one attached hydrogen (secondary N) is 1. The van der Waals surface area contributed by atoms with E-state index >= 15 is 0 Å². The highest BCUT2D eigenvalue weighted by molar-refractivity contribution is 7.92. The van der Waals surface area contributed by atoms with Gasteiger partial charge in [0.25, 0.3) is 10.0 Å². The van der Waals surface area contributed by atoms with Gasteiger partial charge in [-0.1, -0.05) is 55.5 Å². The Balaban J connectivity index is 1.87. The van der Waals surface area contributed by atoms with E-state index in [-0.39, 0.29) is 10.8 Å². The molecule has 174 valence electrons. The van der Waals surface area contributed by atoms with E-state index in [0.29, 0.717) is 29.4 Å². The minimum Gasteiger partial charge on any atom is -0.438 e. The molecule has 0 saturated heterocycles. The van der Waals surface area contributed by atoms with E-state index in [1.54, 1.807) is 12.1 Å². The molecule has 0 aliphatic carbocycles. The fourth-order valence-corrected chi connectivity index (χ4v) is 4.61. The van der Waals surface area contributed by atoms with Gasteiger partial charge >= 0.3 is 0 Å². The van der Waals surface area contributed by atoms with Crippen molar-refractivity contribution in [3.8, 4) is 22.9 Å². The Morgan fingerprint density at radius 2 is 1.62 bits per heavy atom. The predicted octanol–water partition coefficient (Wildman–Crippen LogP) is 5.50. The zero-order chi connectivity index (χ0) is 24.3. The quantitative estimate of drug-likeness (QED) is 0.343. The Morgan fingerprint density at radius 3 is 2.29 bits per heavy atom. The van der Waals surface area contributed by atoms with Crippen LogP contribution in [-0.4, -0.2) is 18.4 Å². The monoisotopic (exact) mass is 474 g/mol. The van der Waals surface area contributed by atoms with Crippen molar-refractivity contribution in [2.75, 3.05) is 10.5 Å². The molecule has 34 heavy (non-hydrogen) atoms. The second-order valence-electron chi connectivity index (χ2n) is 7.89. The van der Waals surface area contributed by atoms with Gasteiger partial charge < -0.3 is 10.5 Å². The highest BCUT2D eigenvalue weighted by atomic mass is 32.2. The molecule has 0 bridgehead atoms. The van der Waals surface area contributed by atoms with Gasteiger partial charge in [0.05, 0.1) is 10.6 Å². The first-order valence-electron chi connectivity index (χ1n) is 10.9. The first-order valence-corrected chi connectivity index (χ1v) is 12.4. The van der Waals surface area contributed by atoms with E-state index in [1.807, 2.05) is 69.3 Å². The van der Waals surface area contributed by atoms with Crippen molar-refractivity contribution in [3.63, 3.8) is 0 Å². The van der Waals surface area contributed by atoms with Crippen molar-refractivity contribution in [2.45, 2.75) is 32.1 Å². The Hall–Kier alpha value is -3.91. The Kier molecular flexibility index (Phi) is 6.51. The summed E-state index contributed by atoms with van der Waals surface area (Å²) in [5.41, 5.74) is 10.3. The molecule has 8 heteroatoms. The molecule has 0 amide bonds. The number of hydrogen-bond donors (Lipinski definition) is 2. The number of aryl methyl sites for hydroxylation is 2. The van der Waals surface area contributed by atoms with Gasteiger partial charge in [0.2, 0.25) is 11.8 Å². The Bertz CT molecular complexity index is 1450. The number of benzene rings is 3. The normalized spacial score (nSPS) is 11.3. The molecule has 0 fully saturated rings. The second kappa shape index (κ2) is 9.52. The van der Waals surface area contributed by atoms with Crippen LogP contribution in [0.25, 0.3) is 11.3 Å². The molecule has 0 unspecified atom stereocenters. The lowest BCUT2D eigenvalue weighted by Gasteiger charge is -2.17. The van der Waals surface area contributed by atoms with Gasteiger partial charge in [-0.3, -0.25) is 0 Å². The van der Waals surface area contributed by atoms with Crippen molar-refractivity contribution in [1.82, 2.24) is 9.97 Å². The number of para-hydroxylation sites is 1. The van der Waals surface area contributed by atoms with E-state index in [4.69, 9.17) is 10.5 Å². The molecule has 0 aliphatic heterocycles. The molecule has 0 spiro atoms. The maximum atomic E-state index is 13.1. The number of nitrogen functional groups attached to an aromatic ring is 1. The number of rotatable bonds is 7.